The van der Waals surface area contributed by atoms with Crippen LogP contribution in [0, 0.1) is 11.3 Å². The molecule has 2 nitrogen and oxygen atoms in total. The number of likely N-dealkylation sites (tertiary alicyclic amines) is 1. The first-order valence-corrected chi connectivity index (χ1v) is 6.99. The van der Waals surface area contributed by atoms with Gasteiger partial charge >= 0.3 is 0 Å². The second kappa shape index (κ2) is 4.30. The van der Waals surface area contributed by atoms with Crippen LogP contribution in [0.4, 0.5) is 0 Å². The van der Waals surface area contributed by atoms with Crippen molar-refractivity contribution >= 4 is 0 Å². The molecule has 2 rings (SSSR count). The molecule has 0 aromatic carbocycles. The van der Waals surface area contributed by atoms with Crippen LogP contribution in [0.2, 0.25) is 0 Å². The Hall–Kier alpha value is -0.0800. The Balaban J connectivity index is 1.93. The monoisotopic (exact) mass is 224 g/mol. The standard InChI is InChI=1S/C14H28N2/c1-4-13(3)5-7-16(8-6-13)14(11-15)9-12(2)10-14/h12H,4-11,15H2,1-3H3. The number of nitrogens with two attached hydrogens (primary N) is 1. The largest absolute Gasteiger partial charge is 0.329 e. The van der Waals surface area contributed by atoms with Crippen molar-refractivity contribution in [1.29, 1.82) is 0 Å². The molecule has 0 radical (unpaired) electrons. The van der Waals surface area contributed by atoms with Crippen molar-refractivity contribution in [2.45, 2.75) is 58.4 Å². The van der Waals surface area contributed by atoms with E-state index in [2.05, 4.69) is 25.7 Å². The molecule has 2 heteroatoms. The van der Waals surface area contributed by atoms with Gasteiger partial charge in [-0.05, 0) is 50.1 Å². The Morgan fingerprint density at radius 2 is 1.81 bits per heavy atom. The summed E-state index contributed by atoms with van der Waals surface area (Å²) < 4.78 is 0. The Labute approximate surface area is 101 Å². The number of hydrogen-bond donors (Lipinski definition) is 1. The van der Waals surface area contributed by atoms with Crippen molar-refractivity contribution < 1.29 is 0 Å². The molecule has 0 spiro atoms. The van der Waals surface area contributed by atoms with Crippen LogP contribution in [0.25, 0.3) is 0 Å². The van der Waals surface area contributed by atoms with Crippen LogP contribution in [-0.2, 0) is 0 Å². The number of nitrogens with zero attached hydrogens (tertiary/aromatic N) is 1. The van der Waals surface area contributed by atoms with E-state index in [0.29, 0.717) is 11.0 Å². The average Bonchev–Trinajstić information content (AvgIpc) is 2.26. The van der Waals surface area contributed by atoms with Gasteiger partial charge in [0.05, 0.1) is 0 Å². The second-order valence-electron chi connectivity index (χ2n) is 6.59. The average molecular weight is 224 g/mol. The van der Waals surface area contributed by atoms with E-state index >= 15 is 0 Å². The minimum Gasteiger partial charge on any atom is -0.329 e. The minimum atomic E-state index is 0.383. The van der Waals surface area contributed by atoms with Crippen LogP contribution < -0.4 is 5.73 Å². The lowest BCUT2D eigenvalue weighted by Gasteiger charge is -2.56. The molecule has 2 fully saturated rings. The molecule has 0 atom stereocenters. The Kier molecular flexibility index (Phi) is 3.33. The summed E-state index contributed by atoms with van der Waals surface area (Å²) in [5, 5.41) is 0. The highest BCUT2D eigenvalue weighted by molar-refractivity contribution is 5.03. The summed E-state index contributed by atoms with van der Waals surface area (Å²) in [7, 11) is 0. The van der Waals surface area contributed by atoms with E-state index in [1.165, 1.54) is 45.2 Å². The molecule has 0 aromatic rings. The highest BCUT2D eigenvalue weighted by atomic mass is 15.2. The normalized spacial score (nSPS) is 39.4. The highest BCUT2D eigenvalue weighted by Gasteiger charge is 2.47. The van der Waals surface area contributed by atoms with Gasteiger partial charge in [-0.1, -0.05) is 27.2 Å². The molecule has 2 N–H and O–H groups in total. The molecular weight excluding hydrogens is 196 g/mol. The first-order valence-electron chi connectivity index (χ1n) is 6.99. The van der Waals surface area contributed by atoms with Gasteiger partial charge in [0.15, 0.2) is 0 Å². The fourth-order valence-electron chi connectivity index (χ4n) is 3.67. The van der Waals surface area contributed by atoms with Crippen molar-refractivity contribution in [3.63, 3.8) is 0 Å². The third-order valence-electron chi connectivity index (χ3n) is 5.33. The third-order valence-corrected chi connectivity index (χ3v) is 5.33. The van der Waals surface area contributed by atoms with E-state index in [-0.39, 0.29) is 0 Å². The van der Waals surface area contributed by atoms with E-state index in [4.69, 9.17) is 5.73 Å². The fourth-order valence-corrected chi connectivity index (χ4v) is 3.67. The summed E-state index contributed by atoms with van der Waals surface area (Å²) in [6.07, 6.45) is 6.70. The van der Waals surface area contributed by atoms with Crippen LogP contribution in [0.5, 0.6) is 0 Å². The smallest absolute Gasteiger partial charge is 0.0336 e. The molecule has 1 saturated heterocycles. The Morgan fingerprint density at radius 3 is 2.19 bits per heavy atom. The lowest BCUT2D eigenvalue weighted by molar-refractivity contribution is -0.0462. The van der Waals surface area contributed by atoms with Crippen molar-refractivity contribution in [1.82, 2.24) is 4.90 Å². The molecule has 1 saturated carbocycles. The summed E-state index contributed by atoms with van der Waals surface area (Å²) in [6, 6.07) is 0. The second-order valence-corrected chi connectivity index (χ2v) is 6.59. The Bertz CT molecular complexity index is 235. The van der Waals surface area contributed by atoms with E-state index in [9.17, 15) is 0 Å². The van der Waals surface area contributed by atoms with Gasteiger partial charge in [0.2, 0.25) is 0 Å². The van der Waals surface area contributed by atoms with Crippen molar-refractivity contribution in [3.05, 3.63) is 0 Å². The van der Waals surface area contributed by atoms with Crippen LogP contribution >= 0.6 is 0 Å². The number of hydrogen-bond acceptors (Lipinski definition) is 2. The van der Waals surface area contributed by atoms with Crippen LogP contribution in [0.1, 0.15) is 52.9 Å². The lowest BCUT2D eigenvalue weighted by atomic mass is 9.66. The van der Waals surface area contributed by atoms with Gasteiger partial charge < -0.3 is 5.73 Å². The van der Waals surface area contributed by atoms with Gasteiger partial charge in [-0.25, -0.2) is 0 Å². The predicted molar refractivity (Wildman–Crippen MR) is 69.4 cm³/mol. The van der Waals surface area contributed by atoms with Gasteiger partial charge in [0.1, 0.15) is 0 Å². The first kappa shape index (κ1) is 12.4. The van der Waals surface area contributed by atoms with Gasteiger partial charge in [0.25, 0.3) is 0 Å². The minimum absolute atomic E-state index is 0.383. The van der Waals surface area contributed by atoms with E-state index < -0.39 is 0 Å². The molecule has 1 aliphatic carbocycles. The first-order chi connectivity index (χ1) is 7.53. The maximum atomic E-state index is 6.02. The van der Waals surface area contributed by atoms with Gasteiger partial charge in [-0.2, -0.15) is 0 Å². The van der Waals surface area contributed by atoms with Crippen molar-refractivity contribution in [3.8, 4) is 0 Å². The molecule has 1 aliphatic heterocycles. The molecular formula is C14H28N2. The van der Waals surface area contributed by atoms with Gasteiger partial charge in [-0.3, -0.25) is 4.90 Å². The molecule has 1 heterocycles. The number of piperidine rings is 1. The summed E-state index contributed by atoms with van der Waals surface area (Å²) >= 11 is 0. The zero-order valence-corrected chi connectivity index (χ0v) is 11.3. The summed E-state index contributed by atoms with van der Waals surface area (Å²) in [4.78, 5) is 2.70. The predicted octanol–water partition coefficient (Wildman–Crippen LogP) is 2.63. The summed E-state index contributed by atoms with van der Waals surface area (Å²) in [6.45, 7) is 10.5. The SMILES string of the molecule is CCC1(C)CCN(C2(CN)CC(C)C2)CC1. The van der Waals surface area contributed by atoms with Gasteiger partial charge in [-0.15, -0.1) is 0 Å². The third kappa shape index (κ3) is 2.02. The van der Waals surface area contributed by atoms with Crippen LogP contribution in [0.15, 0.2) is 0 Å². The molecule has 0 amide bonds. The number of rotatable bonds is 3. The summed E-state index contributed by atoms with van der Waals surface area (Å²) in [5.74, 6) is 0.892. The molecule has 16 heavy (non-hydrogen) atoms. The zero-order chi connectivity index (χ0) is 11.8. The molecule has 94 valence electrons. The maximum absolute atomic E-state index is 6.02. The zero-order valence-electron chi connectivity index (χ0n) is 11.3. The Morgan fingerprint density at radius 1 is 1.25 bits per heavy atom. The quantitative estimate of drug-likeness (QED) is 0.798. The van der Waals surface area contributed by atoms with Crippen LogP contribution in [-0.4, -0.2) is 30.1 Å². The molecule has 0 bridgehead atoms. The van der Waals surface area contributed by atoms with E-state index in [1.807, 2.05) is 0 Å². The van der Waals surface area contributed by atoms with Gasteiger partial charge in [0, 0.05) is 12.1 Å². The topological polar surface area (TPSA) is 29.3 Å². The van der Waals surface area contributed by atoms with E-state index in [1.54, 1.807) is 0 Å². The van der Waals surface area contributed by atoms with E-state index in [0.717, 1.165) is 12.5 Å². The maximum Gasteiger partial charge on any atom is 0.0336 e. The fraction of sp³-hybridized carbons (Fsp3) is 1.00. The van der Waals surface area contributed by atoms with Crippen molar-refractivity contribution in [2.75, 3.05) is 19.6 Å². The highest BCUT2D eigenvalue weighted by Crippen LogP contribution is 2.45. The molecule has 0 unspecified atom stereocenters. The van der Waals surface area contributed by atoms with Crippen LogP contribution in [0.3, 0.4) is 0 Å². The summed E-state index contributed by atoms with van der Waals surface area (Å²) in [5.41, 5.74) is 7.00. The van der Waals surface area contributed by atoms with Crippen molar-refractivity contribution in [2.24, 2.45) is 17.1 Å². The molecule has 0 aromatic heterocycles. The lowest BCUT2D eigenvalue weighted by Crippen LogP contribution is -2.63. The molecule has 2 aliphatic rings.